The van der Waals surface area contributed by atoms with Crippen molar-refractivity contribution in [3.8, 4) is 0 Å². The molecule has 0 aromatic heterocycles. The Balaban J connectivity index is 1.47. The van der Waals surface area contributed by atoms with E-state index in [1.165, 1.54) is 12.8 Å². The highest BCUT2D eigenvalue weighted by atomic mass is 16.2. The average molecular weight is 355 g/mol. The lowest BCUT2D eigenvalue weighted by Crippen LogP contribution is -2.50. The van der Waals surface area contributed by atoms with E-state index in [9.17, 15) is 9.59 Å². The van der Waals surface area contributed by atoms with E-state index in [1.54, 1.807) is 0 Å². The van der Waals surface area contributed by atoms with Gasteiger partial charge in [-0.2, -0.15) is 0 Å². The quantitative estimate of drug-likeness (QED) is 0.834. The van der Waals surface area contributed by atoms with Gasteiger partial charge in [0.05, 0.1) is 5.41 Å². The van der Waals surface area contributed by atoms with Crippen molar-refractivity contribution in [2.24, 2.45) is 11.3 Å². The third kappa shape index (κ3) is 3.19. The fourth-order valence-corrected chi connectivity index (χ4v) is 4.46. The summed E-state index contributed by atoms with van der Waals surface area (Å²) in [5, 5.41) is 0. The Morgan fingerprint density at radius 3 is 2.77 bits per heavy atom. The summed E-state index contributed by atoms with van der Waals surface area (Å²) >= 11 is 0. The van der Waals surface area contributed by atoms with Crippen molar-refractivity contribution in [2.45, 2.75) is 32.1 Å². The summed E-state index contributed by atoms with van der Waals surface area (Å²) < 4.78 is 0. The van der Waals surface area contributed by atoms with Crippen LogP contribution in [0.2, 0.25) is 0 Å². The molecule has 2 heterocycles. The number of likely N-dealkylation sites (tertiary alicyclic amines) is 2. The summed E-state index contributed by atoms with van der Waals surface area (Å²) in [7, 11) is 3.95. The molecule has 1 saturated carbocycles. The highest BCUT2D eigenvalue weighted by molar-refractivity contribution is 5.96. The normalized spacial score (nSPS) is 25.8. The van der Waals surface area contributed by atoms with Crippen molar-refractivity contribution in [3.63, 3.8) is 0 Å². The second-order valence-corrected chi connectivity index (χ2v) is 8.50. The van der Waals surface area contributed by atoms with Crippen LogP contribution in [0.25, 0.3) is 0 Å². The van der Waals surface area contributed by atoms with Crippen LogP contribution in [0.5, 0.6) is 0 Å². The predicted octanol–water partition coefficient (Wildman–Crippen LogP) is 2.62. The second kappa shape index (κ2) is 6.60. The lowest BCUT2D eigenvalue weighted by molar-refractivity contribution is -0.145. The van der Waals surface area contributed by atoms with Crippen LogP contribution in [0.1, 0.15) is 42.5 Å². The molecule has 0 unspecified atom stereocenters. The molecule has 2 amide bonds. The van der Waals surface area contributed by atoms with Crippen LogP contribution < -0.4 is 4.90 Å². The molecule has 1 spiro atoms. The number of benzene rings is 1. The average Bonchev–Trinajstić information content (AvgIpc) is 3.36. The van der Waals surface area contributed by atoms with Gasteiger partial charge in [-0.25, -0.2) is 0 Å². The Labute approximate surface area is 155 Å². The fourth-order valence-electron chi connectivity index (χ4n) is 4.46. The van der Waals surface area contributed by atoms with Crippen LogP contribution in [-0.4, -0.2) is 61.9 Å². The zero-order chi connectivity index (χ0) is 18.3. The van der Waals surface area contributed by atoms with E-state index in [4.69, 9.17) is 0 Å². The minimum absolute atomic E-state index is 0.0534. The zero-order valence-electron chi connectivity index (χ0n) is 15.9. The molecule has 1 aliphatic carbocycles. The van der Waals surface area contributed by atoms with Crippen LogP contribution in [0, 0.1) is 11.3 Å². The van der Waals surface area contributed by atoms with Crippen molar-refractivity contribution < 1.29 is 9.59 Å². The molecule has 2 aliphatic heterocycles. The molecule has 5 heteroatoms. The Kier molecular flexibility index (Phi) is 4.41. The minimum atomic E-state index is -0.331. The lowest BCUT2D eigenvalue weighted by atomic mass is 9.78. The number of rotatable bonds is 4. The fraction of sp³-hybridized carbons (Fsp3) is 0.619. The molecule has 2 saturated heterocycles. The molecule has 0 radical (unpaired) electrons. The molecule has 0 bridgehead atoms. The maximum absolute atomic E-state index is 13.1. The second-order valence-electron chi connectivity index (χ2n) is 8.50. The molecule has 1 aromatic carbocycles. The largest absolute Gasteiger partial charge is 0.378 e. The highest BCUT2D eigenvalue weighted by Crippen LogP contribution is 2.42. The van der Waals surface area contributed by atoms with Crippen molar-refractivity contribution in [1.29, 1.82) is 0 Å². The summed E-state index contributed by atoms with van der Waals surface area (Å²) in [6, 6.07) is 7.75. The van der Waals surface area contributed by atoms with E-state index in [-0.39, 0.29) is 11.3 Å². The smallest absolute Gasteiger partial charge is 0.253 e. The van der Waals surface area contributed by atoms with Gasteiger partial charge in [0.2, 0.25) is 5.91 Å². The summed E-state index contributed by atoms with van der Waals surface area (Å²) in [6.07, 6.45) is 5.34. The third-order valence-electron chi connectivity index (χ3n) is 6.25. The molecular formula is C21H29N3O2. The van der Waals surface area contributed by atoms with Crippen molar-refractivity contribution >= 4 is 17.5 Å². The molecular weight excluding hydrogens is 326 g/mol. The van der Waals surface area contributed by atoms with E-state index in [0.717, 1.165) is 44.0 Å². The van der Waals surface area contributed by atoms with Gasteiger partial charge in [-0.15, -0.1) is 0 Å². The summed E-state index contributed by atoms with van der Waals surface area (Å²) in [6.45, 7) is 3.10. The third-order valence-corrected chi connectivity index (χ3v) is 6.25. The molecule has 26 heavy (non-hydrogen) atoms. The maximum atomic E-state index is 13.1. The number of amides is 2. The number of carbonyl (C=O) groups is 2. The van der Waals surface area contributed by atoms with Crippen LogP contribution in [0.3, 0.4) is 0 Å². The molecule has 3 fully saturated rings. The van der Waals surface area contributed by atoms with Gasteiger partial charge in [-0.3, -0.25) is 9.59 Å². The topological polar surface area (TPSA) is 43.9 Å². The van der Waals surface area contributed by atoms with Crippen LogP contribution in [-0.2, 0) is 4.79 Å². The standard InChI is InChI=1S/C21H29N3O2/c1-22(2)18-6-3-5-17(13-18)19(25)24-12-10-21(15-24)9-4-11-23(20(21)26)14-16-7-8-16/h3,5-6,13,16H,4,7-12,14-15H2,1-2H3/t21-/m0/s1. The van der Waals surface area contributed by atoms with E-state index >= 15 is 0 Å². The molecule has 1 aromatic rings. The highest BCUT2D eigenvalue weighted by Gasteiger charge is 2.50. The molecule has 5 nitrogen and oxygen atoms in total. The van der Waals surface area contributed by atoms with Gasteiger partial charge < -0.3 is 14.7 Å². The van der Waals surface area contributed by atoms with E-state index < -0.39 is 0 Å². The van der Waals surface area contributed by atoms with Crippen LogP contribution in [0.15, 0.2) is 24.3 Å². The lowest BCUT2D eigenvalue weighted by Gasteiger charge is -2.39. The van der Waals surface area contributed by atoms with Gasteiger partial charge in [0.1, 0.15) is 0 Å². The summed E-state index contributed by atoms with van der Waals surface area (Å²) in [5.41, 5.74) is 1.41. The maximum Gasteiger partial charge on any atom is 0.253 e. The van der Waals surface area contributed by atoms with E-state index in [0.29, 0.717) is 24.6 Å². The van der Waals surface area contributed by atoms with E-state index in [1.807, 2.05) is 48.2 Å². The first kappa shape index (κ1) is 17.4. The molecule has 140 valence electrons. The molecule has 0 N–H and O–H groups in total. The molecule has 1 atom stereocenters. The van der Waals surface area contributed by atoms with Crippen molar-refractivity contribution in [2.75, 3.05) is 45.2 Å². The SMILES string of the molecule is CN(C)c1cccc(C(=O)N2CC[C@@]3(CCCN(CC4CC4)C3=O)C2)c1. The van der Waals surface area contributed by atoms with Gasteiger partial charge in [-0.05, 0) is 56.2 Å². The van der Waals surface area contributed by atoms with Crippen LogP contribution >= 0.6 is 0 Å². The summed E-state index contributed by atoms with van der Waals surface area (Å²) in [5.74, 6) is 1.08. The number of carbonyl (C=O) groups excluding carboxylic acids is 2. The number of hydrogen-bond donors (Lipinski definition) is 0. The number of piperidine rings is 1. The minimum Gasteiger partial charge on any atom is -0.378 e. The number of hydrogen-bond acceptors (Lipinski definition) is 3. The van der Waals surface area contributed by atoms with Gasteiger partial charge in [-0.1, -0.05) is 6.07 Å². The Morgan fingerprint density at radius 1 is 1.23 bits per heavy atom. The molecule has 3 aliphatic rings. The van der Waals surface area contributed by atoms with Gasteiger partial charge >= 0.3 is 0 Å². The van der Waals surface area contributed by atoms with Gasteiger partial charge in [0.15, 0.2) is 0 Å². The molecule has 4 rings (SSSR count). The van der Waals surface area contributed by atoms with Crippen LogP contribution in [0.4, 0.5) is 5.69 Å². The van der Waals surface area contributed by atoms with Crippen molar-refractivity contribution in [1.82, 2.24) is 9.80 Å². The Morgan fingerprint density at radius 2 is 2.04 bits per heavy atom. The monoisotopic (exact) mass is 355 g/mol. The van der Waals surface area contributed by atoms with Gasteiger partial charge in [0.25, 0.3) is 5.91 Å². The van der Waals surface area contributed by atoms with Gasteiger partial charge in [0, 0.05) is 51.5 Å². The first-order chi connectivity index (χ1) is 12.5. The summed E-state index contributed by atoms with van der Waals surface area (Å²) in [4.78, 5) is 32.1. The number of nitrogens with zero attached hydrogens (tertiary/aromatic N) is 3. The Bertz CT molecular complexity index is 713. The predicted molar refractivity (Wildman–Crippen MR) is 102 cm³/mol. The first-order valence-corrected chi connectivity index (χ1v) is 9.85. The first-order valence-electron chi connectivity index (χ1n) is 9.85. The Hall–Kier alpha value is -2.04. The number of anilines is 1. The zero-order valence-corrected chi connectivity index (χ0v) is 15.9. The van der Waals surface area contributed by atoms with Crippen molar-refractivity contribution in [3.05, 3.63) is 29.8 Å². The van der Waals surface area contributed by atoms with E-state index in [2.05, 4.69) is 4.90 Å².